The van der Waals surface area contributed by atoms with Crippen molar-refractivity contribution in [1.82, 2.24) is 5.32 Å². The molecule has 0 fully saturated rings. The number of nitrogens with one attached hydrogen (secondary N) is 1. The van der Waals surface area contributed by atoms with Crippen molar-refractivity contribution in [3.05, 3.63) is 95.8 Å². The summed E-state index contributed by atoms with van der Waals surface area (Å²) in [6.45, 7) is 1.24. The number of benzene rings is 3. The summed E-state index contributed by atoms with van der Waals surface area (Å²) in [5, 5.41) is 3.45. The van der Waals surface area contributed by atoms with Crippen LogP contribution in [0.15, 0.2) is 78.9 Å². The number of halogens is 1. The van der Waals surface area contributed by atoms with Crippen LogP contribution in [0.4, 0.5) is 4.39 Å². The highest BCUT2D eigenvalue weighted by Crippen LogP contribution is 2.19. The maximum Gasteiger partial charge on any atom is 0.123 e. The van der Waals surface area contributed by atoms with Gasteiger partial charge in [-0.3, -0.25) is 0 Å². The fourth-order valence-electron chi connectivity index (χ4n) is 2.85. The van der Waals surface area contributed by atoms with Gasteiger partial charge in [0.25, 0.3) is 0 Å². The van der Waals surface area contributed by atoms with Gasteiger partial charge in [-0.2, -0.15) is 0 Å². The van der Waals surface area contributed by atoms with Crippen LogP contribution in [0.5, 0.6) is 0 Å². The zero-order valence-electron chi connectivity index (χ0n) is 14.2. The van der Waals surface area contributed by atoms with Crippen LogP contribution in [0, 0.1) is 5.82 Å². The first-order valence-corrected chi connectivity index (χ1v) is 8.57. The quantitative estimate of drug-likeness (QED) is 0.681. The summed E-state index contributed by atoms with van der Waals surface area (Å²) >= 11 is 0. The lowest BCUT2D eigenvalue weighted by atomic mass is 10.0. The Hall–Kier alpha value is -2.49. The molecule has 3 heteroatoms. The van der Waals surface area contributed by atoms with Crippen molar-refractivity contribution in [2.24, 2.45) is 5.73 Å². The molecule has 128 valence electrons. The third-order valence-corrected chi connectivity index (χ3v) is 4.34. The topological polar surface area (TPSA) is 38.0 Å². The molecule has 0 aliphatic rings. The van der Waals surface area contributed by atoms with Gasteiger partial charge >= 0.3 is 0 Å². The molecule has 3 rings (SSSR count). The summed E-state index contributed by atoms with van der Waals surface area (Å²) in [5.74, 6) is -0.211. The van der Waals surface area contributed by atoms with Crippen LogP contribution >= 0.6 is 0 Å². The van der Waals surface area contributed by atoms with E-state index in [1.54, 1.807) is 12.1 Å². The molecule has 1 atom stereocenters. The van der Waals surface area contributed by atoms with Crippen molar-refractivity contribution in [2.45, 2.75) is 19.0 Å². The molecule has 0 amide bonds. The smallest absolute Gasteiger partial charge is 0.123 e. The fourth-order valence-corrected chi connectivity index (χ4v) is 2.85. The molecule has 0 aliphatic carbocycles. The molecule has 0 saturated heterocycles. The number of hydrogen-bond acceptors (Lipinski definition) is 2. The van der Waals surface area contributed by atoms with Crippen molar-refractivity contribution < 1.29 is 4.39 Å². The average Bonchev–Trinajstić information content (AvgIpc) is 2.67. The van der Waals surface area contributed by atoms with E-state index in [4.69, 9.17) is 5.73 Å². The van der Waals surface area contributed by atoms with Crippen molar-refractivity contribution in [3.63, 3.8) is 0 Å². The monoisotopic (exact) mass is 334 g/mol. The predicted octanol–water partition coefficient (Wildman–Crippen LogP) is 4.15. The Labute approximate surface area is 148 Å². The molecule has 0 heterocycles. The Morgan fingerprint density at radius 1 is 0.760 bits per heavy atom. The molecular formula is C22H23FN2. The maximum absolute atomic E-state index is 13.0. The largest absolute Gasteiger partial charge is 0.329 e. The maximum atomic E-state index is 13.0. The van der Waals surface area contributed by atoms with Crippen LogP contribution in [-0.2, 0) is 13.0 Å². The van der Waals surface area contributed by atoms with Gasteiger partial charge in [-0.1, -0.05) is 66.7 Å². The van der Waals surface area contributed by atoms with Crippen molar-refractivity contribution in [1.29, 1.82) is 0 Å². The zero-order chi connectivity index (χ0) is 17.5. The SMILES string of the molecule is NCC(Cc1ccc(-c2ccccc2)cc1)NCc1ccc(F)cc1. The van der Waals surface area contributed by atoms with Gasteiger partial charge in [-0.05, 0) is 40.8 Å². The zero-order valence-corrected chi connectivity index (χ0v) is 14.2. The van der Waals surface area contributed by atoms with E-state index in [-0.39, 0.29) is 11.9 Å². The summed E-state index contributed by atoms with van der Waals surface area (Å²) in [4.78, 5) is 0. The highest BCUT2D eigenvalue weighted by molar-refractivity contribution is 5.63. The van der Waals surface area contributed by atoms with E-state index in [0.717, 1.165) is 12.0 Å². The van der Waals surface area contributed by atoms with E-state index in [0.29, 0.717) is 13.1 Å². The van der Waals surface area contributed by atoms with Crippen LogP contribution < -0.4 is 11.1 Å². The third kappa shape index (κ3) is 4.99. The average molecular weight is 334 g/mol. The van der Waals surface area contributed by atoms with E-state index in [2.05, 4.69) is 41.7 Å². The van der Waals surface area contributed by atoms with Crippen molar-refractivity contribution in [3.8, 4) is 11.1 Å². The lowest BCUT2D eigenvalue weighted by molar-refractivity contribution is 0.515. The molecule has 2 nitrogen and oxygen atoms in total. The van der Waals surface area contributed by atoms with E-state index in [1.165, 1.54) is 28.8 Å². The minimum atomic E-state index is -0.211. The summed E-state index contributed by atoms with van der Waals surface area (Å²) in [6.07, 6.45) is 0.868. The van der Waals surface area contributed by atoms with Crippen LogP contribution in [0.3, 0.4) is 0 Å². The Morgan fingerprint density at radius 2 is 1.36 bits per heavy atom. The fraction of sp³-hybridized carbons (Fsp3) is 0.182. The van der Waals surface area contributed by atoms with Gasteiger partial charge in [0, 0.05) is 19.1 Å². The first-order valence-electron chi connectivity index (χ1n) is 8.57. The first kappa shape index (κ1) is 17.3. The second-order valence-corrected chi connectivity index (χ2v) is 6.21. The Kier molecular flexibility index (Phi) is 5.94. The van der Waals surface area contributed by atoms with E-state index in [9.17, 15) is 4.39 Å². The third-order valence-electron chi connectivity index (χ3n) is 4.34. The second kappa shape index (κ2) is 8.56. The predicted molar refractivity (Wildman–Crippen MR) is 102 cm³/mol. The molecule has 3 aromatic carbocycles. The second-order valence-electron chi connectivity index (χ2n) is 6.21. The summed E-state index contributed by atoms with van der Waals surface area (Å²) < 4.78 is 13.0. The standard InChI is InChI=1S/C22H23FN2/c23-21-12-8-18(9-13-21)16-25-22(15-24)14-17-6-10-20(11-7-17)19-4-2-1-3-5-19/h1-13,22,25H,14-16,24H2. The van der Waals surface area contributed by atoms with Crippen LogP contribution in [0.25, 0.3) is 11.1 Å². The van der Waals surface area contributed by atoms with E-state index < -0.39 is 0 Å². The molecule has 0 spiro atoms. The van der Waals surface area contributed by atoms with Gasteiger partial charge in [0.1, 0.15) is 5.82 Å². The van der Waals surface area contributed by atoms with Gasteiger partial charge in [0.15, 0.2) is 0 Å². The lowest BCUT2D eigenvalue weighted by Crippen LogP contribution is -2.37. The Bertz CT molecular complexity index is 767. The van der Waals surface area contributed by atoms with Crippen molar-refractivity contribution >= 4 is 0 Å². The van der Waals surface area contributed by atoms with Gasteiger partial charge in [-0.15, -0.1) is 0 Å². The molecule has 1 unspecified atom stereocenters. The summed E-state index contributed by atoms with van der Waals surface area (Å²) in [5.41, 5.74) is 10.7. The highest BCUT2D eigenvalue weighted by Gasteiger charge is 2.08. The molecule has 0 saturated carbocycles. The lowest BCUT2D eigenvalue weighted by Gasteiger charge is -2.17. The van der Waals surface area contributed by atoms with Gasteiger partial charge < -0.3 is 11.1 Å². The molecule has 0 aromatic heterocycles. The highest BCUT2D eigenvalue weighted by atomic mass is 19.1. The molecule has 3 N–H and O–H groups in total. The summed E-state index contributed by atoms with van der Waals surface area (Å²) in [6, 6.07) is 25.7. The van der Waals surface area contributed by atoms with E-state index >= 15 is 0 Å². The van der Waals surface area contributed by atoms with Gasteiger partial charge in [0.2, 0.25) is 0 Å². The molecule has 25 heavy (non-hydrogen) atoms. The number of nitrogens with two attached hydrogens (primary N) is 1. The molecular weight excluding hydrogens is 311 g/mol. The minimum absolute atomic E-state index is 0.188. The van der Waals surface area contributed by atoms with Crippen LogP contribution in [0.2, 0.25) is 0 Å². The first-order chi connectivity index (χ1) is 12.2. The summed E-state index contributed by atoms with van der Waals surface area (Å²) in [7, 11) is 0. The van der Waals surface area contributed by atoms with Gasteiger partial charge in [-0.25, -0.2) is 4.39 Å². The minimum Gasteiger partial charge on any atom is -0.329 e. The Balaban J connectivity index is 1.58. The van der Waals surface area contributed by atoms with Crippen LogP contribution in [0.1, 0.15) is 11.1 Å². The normalized spacial score (nSPS) is 12.1. The van der Waals surface area contributed by atoms with E-state index in [1.807, 2.05) is 18.2 Å². The Morgan fingerprint density at radius 3 is 2.00 bits per heavy atom. The van der Waals surface area contributed by atoms with Crippen LogP contribution in [-0.4, -0.2) is 12.6 Å². The van der Waals surface area contributed by atoms with Crippen molar-refractivity contribution in [2.75, 3.05) is 6.54 Å². The number of hydrogen-bond donors (Lipinski definition) is 2. The molecule has 3 aromatic rings. The van der Waals surface area contributed by atoms with Gasteiger partial charge in [0.05, 0.1) is 0 Å². The molecule has 0 aliphatic heterocycles. The number of rotatable bonds is 7. The molecule has 0 radical (unpaired) electrons. The molecule has 0 bridgehead atoms.